The third-order valence-electron chi connectivity index (χ3n) is 8.02. The van der Waals surface area contributed by atoms with Crippen LogP contribution in [0.1, 0.15) is 22.4 Å². The van der Waals surface area contributed by atoms with Gasteiger partial charge in [-0.25, -0.2) is 13.8 Å². The fourth-order valence-corrected chi connectivity index (χ4v) is 6.52. The molecule has 0 atom stereocenters. The van der Waals surface area contributed by atoms with Gasteiger partial charge in [-0.2, -0.15) is 13.2 Å². The van der Waals surface area contributed by atoms with Gasteiger partial charge < -0.3 is 14.0 Å². The van der Waals surface area contributed by atoms with E-state index in [0.717, 1.165) is 41.1 Å². The van der Waals surface area contributed by atoms with Gasteiger partial charge >= 0.3 is 6.18 Å². The van der Waals surface area contributed by atoms with E-state index >= 15 is 0 Å². The van der Waals surface area contributed by atoms with Crippen molar-refractivity contribution in [2.75, 3.05) is 0 Å². The first-order valence-electron chi connectivity index (χ1n) is 15.2. The number of pyridine rings is 1. The third kappa shape index (κ3) is 7.75. The molecule has 0 saturated carbocycles. The molecule has 0 spiro atoms. The van der Waals surface area contributed by atoms with Crippen LogP contribution in [0.25, 0.3) is 22.0 Å². The monoisotopic (exact) mass is 688 g/mol. The predicted octanol–water partition coefficient (Wildman–Crippen LogP) is 8.22. The van der Waals surface area contributed by atoms with Crippen LogP contribution in [-0.4, -0.2) is 24.9 Å². The van der Waals surface area contributed by atoms with E-state index in [1.807, 2.05) is 19.2 Å². The minimum absolute atomic E-state index is 0.0263. The van der Waals surface area contributed by atoms with E-state index in [-0.39, 0.29) is 42.3 Å². The van der Waals surface area contributed by atoms with Crippen molar-refractivity contribution in [3.05, 3.63) is 154 Å². The second-order valence-electron chi connectivity index (χ2n) is 11.5. The molecule has 0 bridgehead atoms. The second kappa shape index (κ2) is 14.1. The lowest BCUT2D eigenvalue weighted by Crippen LogP contribution is -2.34. The van der Waals surface area contributed by atoms with Gasteiger partial charge in [0.05, 0.1) is 34.7 Å². The van der Waals surface area contributed by atoms with Gasteiger partial charge in [-0.15, -0.1) is 11.8 Å². The lowest BCUT2D eigenvalue weighted by Gasteiger charge is -2.24. The average Bonchev–Trinajstić information content (AvgIpc) is 3.50. The second-order valence-corrected chi connectivity index (χ2v) is 12.5. The quantitative estimate of drug-likeness (QED) is 0.108. The fourth-order valence-electron chi connectivity index (χ4n) is 5.48. The molecule has 6 aromatic rings. The number of carbonyl (C=O) groups excluding carboxylic acids is 1. The molecule has 2 aromatic heterocycles. The average molecular weight is 689 g/mol. The van der Waals surface area contributed by atoms with Crippen molar-refractivity contribution < 1.29 is 26.7 Å². The summed E-state index contributed by atoms with van der Waals surface area (Å²) in [5.74, 6) is -2.20. The molecule has 49 heavy (non-hydrogen) atoms. The summed E-state index contributed by atoms with van der Waals surface area (Å²) in [4.78, 5) is 33.2. The molecule has 250 valence electrons. The Bertz CT molecular complexity index is 2180. The first kappa shape index (κ1) is 33.7. The van der Waals surface area contributed by atoms with Gasteiger partial charge in [-0.05, 0) is 47.0 Å². The van der Waals surface area contributed by atoms with Crippen LogP contribution in [0.4, 0.5) is 22.0 Å². The molecular formula is C37H29F5N4O2S. The molecule has 0 fully saturated rings. The maximum absolute atomic E-state index is 14.5. The Kier molecular flexibility index (Phi) is 9.68. The summed E-state index contributed by atoms with van der Waals surface area (Å²) in [6, 6.07) is 24.3. The van der Waals surface area contributed by atoms with Crippen LogP contribution in [0.15, 0.2) is 119 Å². The standard InChI is InChI=1S/C37H29F5N4O2S/c1-44-19-29(43-23-44)20-45(18-24-9-11-25(12-10-24)26-13-15-28(16-14-26)37(40,41)42)34(48)21-46-32-8-3-2-6-30(32)33(47)17-35(46)49-22-27-5-4-7-31(38)36(27)39/h2-17,19,23H,18,20-22H2,1H3. The first-order chi connectivity index (χ1) is 23.5. The molecule has 2 heterocycles. The molecule has 6 rings (SSSR count). The number of benzene rings is 4. The number of hydrogen-bond acceptors (Lipinski definition) is 4. The van der Waals surface area contributed by atoms with E-state index < -0.39 is 23.4 Å². The highest BCUT2D eigenvalue weighted by Crippen LogP contribution is 2.31. The van der Waals surface area contributed by atoms with E-state index in [9.17, 15) is 31.5 Å². The number of rotatable bonds is 10. The largest absolute Gasteiger partial charge is 0.416 e. The number of hydrogen-bond donors (Lipinski definition) is 0. The van der Waals surface area contributed by atoms with Gasteiger partial charge in [0.25, 0.3) is 0 Å². The molecular weight excluding hydrogens is 659 g/mol. The van der Waals surface area contributed by atoms with Crippen molar-refractivity contribution in [3.63, 3.8) is 0 Å². The summed E-state index contributed by atoms with van der Waals surface area (Å²) in [7, 11) is 1.82. The topological polar surface area (TPSA) is 60.1 Å². The smallest absolute Gasteiger partial charge is 0.340 e. The Balaban J connectivity index is 1.29. The van der Waals surface area contributed by atoms with Gasteiger partial charge in [0.2, 0.25) is 5.91 Å². The minimum Gasteiger partial charge on any atom is -0.340 e. The number of alkyl halides is 3. The van der Waals surface area contributed by atoms with Crippen molar-refractivity contribution in [1.82, 2.24) is 19.0 Å². The fraction of sp³-hybridized carbons (Fsp3) is 0.162. The Morgan fingerprint density at radius 3 is 2.24 bits per heavy atom. The number of fused-ring (bicyclic) bond motifs is 1. The summed E-state index contributed by atoms with van der Waals surface area (Å²) < 4.78 is 71.0. The van der Waals surface area contributed by atoms with Gasteiger partial charge in [0.15, 0.2) is 17.1 Å². The maximum atomic E-state index is 14.5. The number of carbonyl (C=O) groups is 1. The van der Waals surface area contributed by atoms with Crippen molar-refractivity contribution in [1.29, 1.82) is 0 Å². The number of thioether (sulfide) groups is 1. The Hall–Kier alpha value is -5.23. The van der Waals surface area contributed by atoms with Crippen LogP contribution >= 0.6 is 11.8 Å². The molecule has 0 aliphatic carbocycles. The number of halogens is 5. The number of aryl methyl sites for hydroxylation is 1. The van der Waals surface area contributed by atoms with E-state index in [4.69, 9.17) is 0 Å². The first-order valence-corrected chi connectivity index (χ1v) is 16.1. The lowest BCUT2D eigenvalue weighted by molar-refractivity contribution is -0.137. The van der Waals surface area contributed by atoms with Crippen LogP contribution in [-0.2, 0) is 43.4 Å². The highest BCUT2D eigenvalue weighted by atomic mass is 32.2. The molecule has 0 aliphatic heterocycles. The van der Waals surface area contributed by atoms with Crippen molar-refractivity contribution >= 4 is 28.6 Å². The molecule has 0 radical (unpaired) electrons. The van der Waals surface area contributed by atoms with Crippen LogP contribution in [0.2, 0.25) is 0 Å². The number of amides is 1. The molecule has 0 aliphatic rings. The minimum atomic E-state index is -4.42. The summed E-state index contributed by atoms with van der Waals surface area (Å²) >= 11 is 1.13. The number of para-hydroxylation sites is 1. The van der Waals surface area contributed by atoms with Crippen molar-refractivity contribution in [2.24, 2.45) is 7.05 Å². The normalized spacial score (nSPS) is 11.6. The van der Waals surface area contributed by atoms with Crippen molar-refractivity contribution in [2.45, 2.75) is 36.6 Å². The SMILES string of the molecule is Cn1cnc(CN(Cc2ccc(-c3ccc(C(F)(F)F)cc3)cc2)C(=O)Cn2c(SCc3cccc(F)c3F)cc(=O)c3ccccc32)c1. The highest BCUT2D eigenvalue weighted by Gasteiger charge is 2.30. The molecule has 1 amide bonds. The van der Waals surface area contributed by atoms with Gasteiger partial charge in [-0.3, -0.25) is 9.59 Å². The zero-order valence-electron chi connectivity index (χ0n) is 26.1. The number of imidazole rings is 1. The summed E-state index contributed by atoms with van der Waals surface area (Å²) in [6.07, 6.45) is -0.990. The van der Waals surface area contributed by atoms with E-state index in [0.29, 0.717) is 27.2 Å². The van der Waals surface area contributed by atoms with Gasteiger partial charge in [0.1, 0.15) is 6.54 Å². The third-order valence-corrected chi connectivity index (χ3v) is 9.11. The molecule has 0 unspecified atom stereocenters. The van der Waals surface area contributed by atoms with Crippen LogP contribution in [0.3, 0.4) is 0 Å². The summed E-state index contributed by atoms with van der Waals surface area (Å²) in [5, 5.41) is 0.825. The maximum Gasteiger partial charge on any atom is 0.416 e. The Morgan fingerprint density at radius 1 is 0.878 bits per heavy atom. The van der Waals surface area contributed by atoms with Gasteiger partial charge in [-0.1, -0.05) is 60.7 Å². The van der Waals surface area contributed by atoms with Gasteiger partial charge in [0, 0.05) is 42.6 Å². The van der Waals surface area contributed by atoms with E-state index in [1.54, 1.807) is 63.0 Å². The molecule has 0 saturated heterocycles. The molecule has 0 N–H and O–H groups in total. The Labute approximate surface area is 282 Å². The number of nitrogens with zero attached hydrogens (tertiary/aromatic N) is 4. The van der Waals surface area contributed by atoms with Crippen molar-refractivity contribution in [3.8, 4) is 11.1 Å². The molecule has 6 nitrogen and oxygen atoms in total. The van der Waals surface area contributed by atoms with E-state index in [2.05, 4.69) is 4.98 Å². The van der Waals surface area contributed by atoms with Crippen LogP contribution < -0.4 is 5.43 Å². The summed E-state index contributed by atoms with van der Waals surface area (Å²) in [5.41, 5.74) is 2.42. The summed E-state index contributed by atoms with van der Waals surface area (Å²) in [6.45, 7) is 0.207. The predicted molar refractivity (Wildman–Crippen MR) is 178 cm³/mol. The zero-order chi connectivity index (χ0) is 34.7. The highest BCUT2D eigenvalue weighted by molar-refractivity contribution is 7.98. The van der Waals surface area contributed by atoms with Crippen LogP contribution in [0, 0.1) is 11.6 Å². The Morgan fingerprint density at radius 2 is 1.57 bits per heavy atom. The molecule has 12 heteroatoms. The van der Waals surface area contributed by atoms with E-state index in [1.165, 1.54) is 30.3 Å². The number of aromatic nitrogens is 3. The zero-order valence-corrected chi connectivity index (χ0v) is 26.9. The van der Waals surface area contributed by atoms with Crippen LogP contribution in [0.5, 0.6) is 0 Å². The lowest BCUT2D eigenvalue weighted by atomic mass is 10.0. The molecule has 4 aromatic carbocycles.